The molecule has 1 aliphatic rings. The molecule has 0 bridgehead atoms. The third-order valence-electron chi connectivity index (χ3n) is 3.87. The number of benzene rings is 1. The van der Waals surface area contributed by atoms with Crippen LogP contribution >= 0.6 is 0 Å². The molecule has 106 valence electrons. The van der Waals surface area contributed by atoms with Gasteiger partial charge in [-0.15, -0.1) is 0 Å². The van der Waals surface area contributed by atoms with E-state index < -0.39 is 11.6 Å². The summed E-state index contributed by atoms with van der Waals surface area (Å²) in [6.07, 6.45) is 0. The molecule has 0 saturated carbocycles. The minimum Gasteiger partial charge on any atom is -0.323 e. The number of hydrogen-bond donors (Lipinski definition) is 1. The van der Waals surface area contributed by atoms with Gasteiger partial charge in [0.2, 0.25) is 0 Å². The van der Waals surface area contributed by atoms with Crippen molar-refractivity contribution in [1.82, 2.24) is 9.80 Å². The van der Waals surface area contributed by atoms with Crippen LogP contribution in [0.25, 0.3) is 0 Å². The number of nitrogens with two attached hydrogens (primary N) is 1. The van der Waals surface area contributed by atoms with Gasteiger partial charge in [-0.3, -0.25) is 4.90 Å². The maximum Gasteiger partial charge on any atom is 0.159 e. The molecule has 2 unspecified atom stereocenters. The third-order valence-corrected chi connectivity index (χ3v) is 3.87. The Morgan fingerprint density at radius 3 is 2.68 bits per heavy atom. The van der Waals surface area contributed by atoms with Gasteiger partial charge in [0.15, 0.2) is 11.6 Å². The molecule has 0 aromatic heterocycles. The van der Waals surface area contributed by atoms with Crippen LogP contribution in [-0.2, 0) is 0 Å². The Bertz CT molecular complexity index is 439. The molecule has 5 heteroatoms. The second-order valence-electron chi connectivity index (χ2n) is 5.37. The van der Waals surface area contributed by atoms with Crippen molar-refractivity contribution in [3.05, 3.63) is 35.4 Å². The van der Waals surface area contributed by atoms with Gasteiger partial charge in [0.1, 0.15) is 0 Å². The zero-order valence-electron chi connectivity index (χ0n) is 11.4. The maximum atomic E-state index is 13.2. The summed E-state index contributed by atoms with van der Waals surface area (Å²) in [5.74, 6) is -1.66. The summed E-state index contributed by atoms with van der Waals surface area (Å²) in [7, 11) is 2.11. The summed E-state index contributed by atoms with van der Waals surface area (Å²) in [4.78, 5) is 4.58. The van der Waals surface area contributed by atoms with Gasteiger partial charge in [-0.25, -0.2) is 8.78 Å². The van der Waals surface area contributed by atoms with E-state index in [0.717, 1.165) is 25.7 Å². The molecule has 1 aliphatic heterocycles. The largest absolute Gasteiger partial charge is 0.323 e. The Balaban J connectivity index is 1.97. The Morgan fingerprint density at radius 2 is 2.05 bits per heavy atom. The van der Waals surface area contributed by atoms with E-state index in [1.807, 2.05) is 0 Å². The zero-order valence-corrected chi connectivity index (χ0v) is 11.4. The molecule has 1 saturated heterocycles. The first-order valence-electron chi connectivity index (χ1n) is 6.60. The summed E-state index contributed by atoms with van der Waals surface area (Å²) in [6, 6.07) is 4.09. The van der Waals surface area contributed by atoms with Gasteiger partial charge < -0.3 is 10.6 Å². The number of hydrogen-bond acceptors (Lipinski definition) is 3. The van der Waals surface area contributed by atoms with Crippen LogP contribution in [0.5, 0.6) is 0 Å². The summed E-state index contributed by atoms with van der Waals surface area (Å²) in [6.45, 7) is 5.76. The van der Waals surface area contributed by atoms with E-state index in [1.165, 1.54) is 6.07 Å². The first-order chi connectivity index (χ1) is 8.97. The lowest BCUT2D eigenvalue weighted by molar-refractivity contribution is 0.100. The van der Waals surface area contributed by atoms with Crippen molar-refractivity contribution in [2.24, 2.45) is 5.73 Å². The van der Waals surface area contributed by atoms with Crippen molar-refractivity contribution in [3.8, 4) is 0 Å². The van der Waals surface area contributed by atoms with E-state index in [1.54, 1.807) is 6.07 Å². The van der Waals surface area contributed by atoms with Gasteiger partial charge in [0, 0.05) is 38.3 Å². The fourth-order valence-corrected chi connectivity index (χ4v) is 2.42. The third kappa shape index (κ3) is 3.49. The zero-order chi connectivity index (χ0) is 14.0. The molecule has 0 radical (unpaired) electrons. The fourth-order valence-electron chi connectivity index (χ4n) is 2.42. The van der Waals surface area contributed by atoms with Crippen LogP contribution in [-0.4, -0.2) is 49.1 Å². The highest BCUT2D eigenvalue weighted by Gasteiger charge is 2.22. The van der Waals surface area contributed by atoms with E-state index >= 15 is 0 Å². The van der Waals surface area contributed by atoms with Crippen LogP contribution in [0, 0.1) is 11.6 Å². The van der Waals surface area contributed by atoms with Gasteiger partial charge in [-0.05, 0) is 31.7 Å². The number of halogens is 2. The normalized spacial score (nSPS) is 23.5. The molecule has 3 nitrogen and oxygen atoms in total. The monoisotopic (exact) mass is 269 g/mol. The van der Waals surface area contributed by atoms with E-state index in [4.69, 9.17) is 5.73 Å². The Morgan fingerprint density at radius 1 is 1.32 bits per heavy atom. The average Bonchev–Trinajstić information content (AvgIpc) is 2.37. The lowest BCUT2D eigenvalue weighted by atomic mass is 10.1. The van der Waals surface area contributed by atoms with Crippen molar-refractivity contribution >= 4 is 0 Å². The smallest absolute Gasteiger partial charge is 0.159 e. The number of rotatable bonds is 3. The van der Waals surface area contributed by atoms with Crippen molar-refractivity contribution in [3.63, 3.8) is 0 Å². The van der Waals surface area contributed by atoms with Crippen molar-refractivity contribution < 1.29 is 8.78 Å². The molecule has 19 heavy (non-hydrogen) atoms. The topological polar surface area (TPSA) is 32.5 Å². The number of likely N-dealkylation sites (N-methyl/N-ethyl adjacent to an activating group) is 1. The molecule has 2 N–H and O–H groups in total. The summed E-state index contributed by atoms with van der Waals surface area (Å²) < 4.78 is 26.1. The fraction of sp³-hybridized carbons (Fsp3) is 0.571. The van der Waals surface area contributed by atoms with Crippen LogP contribution in [0.4, 0.5) is 8.78 Å². The predicted molar refractivity (Wildman–Crippen MR) is 71.8 cm³/mol. The lowest BCUT2D eigenvalue weighted by Gasteiger charge is -2.38. The van der Waals surface area contributed by atoms with Crippen LogP contribution in [0.2, 0.25) is 0 Å². The molecule has 1 aromatic carbocycles. The minimum atomic E-state index is -0.834. The number of piperazine rings is 1. The Labute approximate surface area is 113 Å². The molecule has 2 rings (SSSR count). The first-order valence-corrected chi connectivity index (χ1v) is 6.60. The molecule has 0 spiro atoms. The maximum absolute atomic E-state index is 13.2. The van der Waals surface area contributed by atoms with E-state index in [0.29, 0.717) is 18.2 Å². The molecule has 0 aliphatic carbocycles. The second kappa shape index (κ2) is 5.94. The van der Waals surface area contributed by atoms with Gasteiger partial charge >= 0.3 is 0 Å². The van der Waals surface area contributed by atoms with Gasteiger partial charge in [-0.1, -0.05) is 6.07 Å². The van der Waals surface area contributed by atoms with E-state index in [-0.39, 0.29) is 6.04 Å². The first kappa shape index (κ1) is 14.4. The number of nitrogens with zero attached hydrogens (tertiary/aromatic N) is 2. The van der Waals surface area contributed by atoms with Crippen LogP contribution in [0.3, 0.4) is 0 Å². The minimum absolute atomic E-state index is 0.286. The summed E-state index contributed by atoms with van der Waals surface area (Å²) in [5, 5.41) is 0. The highest BCUT2D eigenvalue weighted by Crippen LogP contribution is 2.17. The highest BCUT2D eigenvalue weighted by atomic mass is 19.2. The van der Waals surface area contributed by atoms with Crippen LogP contribution in [0.15, 0.2) is 18.2 Å². The molecular weight excluding hydrogens is 248 g/mol. The van der Waals surface area contributed by atoms with Gasteiger partial charge in [0.05, 0.1) is 0 Å². The summed E-state index contributed by atoms with van der Waals surface area (Å²) >= 11 is 0. The van der Waals surface area contributed by atoms with Crippen LogP contribution in [0.1, 0.15) is 18.5 Å². The Hall–Kier alpha value is -1.04. The van der Waals surface area contributed by atoms with Crippen molar-refractivity contribution in [1.29, 1.82) is 0 Å². The molecule has 1 heterocycles. The standard InChI is InChI=1S/C14H21F2N3/c1-10-8-19(6-5-18(10)2)9-14(17)11-3-4-12(15)13(16)7-11/h3-4,7,10,14H,5-6,8-9,17H2,1-2H3. The molecule has 1 aromatic rings. The van der Waals surface area contributed by atoms with E-state index in [9.17, 15) is 8.78 Å². The van der Waals surface area contributed by atoms with Gasteiger partial charge in [0.25, 0.3) is 0 Å². The highest BCUT2D eigenvalue weighted by molar-refractivity contribution is 5.21. The van der Waals surface area contributed by atoms with Crippen molar-refractivity contribution in [2.45, 2.75) is 19.0 Å². The second-order valence-corrected chi connectivity index (χ2v) is 5.37. The lowest BCUT2D eigenvalue weighted by Crippen LogP contribution is -2.51. The Kier molecular flexibility index (Phi) is 4.50. The molecule has 1 fully saturated rings. The molecule has 2 atom stereocenters. The molecule has 0 amide bonds. The SMILES string of the molecule is CC1CN(CC(N)c2ccc(F)c(F)c2)CCN1C. The molecular formula is C14H21F2N3. The summed E-state index contributed by atoms with van der Waals surface area (Å²) in [5.41, 5.74) is 6.72. The predicted octanol–water partition coefficient (Wildman–Crippen LogP) is 1.60. The van der Waals surface area contributed by atoms with Gasteiger partial charge in [-0.2, -0.15) is 0 Å². The van der Waals surface area contributed by atoms with Crippen molar-refractivity contribution in [2.75, 3.05) is 33.2 Å². The quantitative estimate of drug-likeness (QED) is 0.904. The van der Waals surface area contributed by atoms with E-state index in [2.05, 4.69) is 23.8 Å². The average molecular weight is 269 g/mol. The van der Waals surface area contributed by atoms with Crippen LogP contribution < -0.4 is 5.73 Å².